The van der Waals surface area contributed by atoms with Gasteiger partial charge in [0, 0.05) is 22.6 Å². The molecule has 0 amide bonds. The number of methoxy groups -OCH3 is 1. The quantitative estimate of drug-likeness (QED) is 0.578. The number of ether oxygens (including phenoxy) is 1. The number of rotatable bonds is 4. The van der Waals surface area contributed by atoms with Crippen LogP contribution < -0.4 is 10.5 Å². The fourth-order valence-corrected chi connectivity index (χ4v) is 3.47. The number of thiazole rings is 1. The minimum atomic E-state index is 0.566. The van der Waals surface area contributed by atoms with Crippen LogP contribution in [-0.4, -0.2) is 21.9 Å². The van der Waals surface area contributed by atoms with E-state index in [4.69, 9.17) is 10.5 Å². The molecule has 130 valence electrons. The molecule has 0 fully saturated rings. The smallest absolute Gasteiger partial charge is 0.212 e. The number of hydrogen-bond acceptors (Lipinski definition) is 5. The molecule has 26 heavy (non-hydrogen) atoms. The van der Waals surface area contributed by atoms with Gasteiger partial charge in [0.05, 0.1) is 18.5 Å². The third-order valence-corrected chi connectivity index (χ3v) is 4.96. The maximum atomic E-state index is 6.18. The van der Waals surface area contributed by atoms with Crippen LogP contribution >= 0.6 is 11.3 Å². The molecule has 0 bridgehead atoms. The van der Waals surface area contributed by atoms with E-state index in [2.05, 4.69) is 29.1 Å². The zero-order valence-electron chi connectivity index (χ0n) is 14.5. The Hall–Kier alpha value is -3.12. The molecule has 2 aromatic heterocycles. The summed E-state index contributed by atoms with van der Waals surface area (Å²) in [4.78, 5) is 4.69. The Morgan fingerprint density at radius 2 is 1.62 bits per heavy atom. The molecule has 0 unspecified atom stereocenters. The van der Waals surface area contributed by atoms with E-state index in [0.29, 0.717) is 5.82 Å². The SMILES string of the molecule is COc1ccc(-c2csc(-n3nc(-c4ccc(C)cc4)cc3N)n2)cc1. The van der Waals surface area contributed by atoms with E-state index in [1.165, 1.54) is 16.9 Å². The van der Waals surface area contributed by atoms with Gasteiger partial charge in [0.25, 0.3) is 0 Å². The summed E-state index contributed by atoms with van der Waals surface area (Å²) >= 11 is 1.51. The molecule has 5 nitrogen and oxygen atoms in total. The first-order valence-corrected chi connectivity index (χ1v) is 9.05. The maximum Gasteiger partial charge on any atom is 0.212 e. The third kappa shape index (κ3) is 3.07. The lowest BCUT2D eigenvalue weighted by Crippen LogP contribution is -2.01. The molecule has 0 aliphatic carbocycles. The first-order chi connectivity index (χ1) is 12.6. The highest BCUT2D eigenvalue weighted by atomic mass is 32.1. The second-order valence-corrected chi connectivity index (χ2v) is 6.81. The fourth-order valence-electron chi connectivity index (χ4n) is 2.67. The summed E-state index contributed by atoms with van der Waals surface area (Å²) in [5, 5.41) is 7.38. The van der Waals surface area contributed by atoms with Crippen molar-refractivity contribution in [2.75, 3.05) is 12.8 Å². The predicted molar refractivity (Wildman–Crippen MR) is 106 cm³/mol. The topological polar surface area (TPSA) is 66.0 Å². The first kappa shape index (κ1) is 16.4. The fraction of sp³-hybridized carbons (Fsp3) is 0.100. The van der Waals surface area contributed by atoms with Crippen LogP contribution in [0.4, 0.5) is 5.82 Å². The lowest BCUT2D eigenvalue weighted by molar-refractivity contribution is 0.415. The average molecular weight is 362 g/mol. The Kier molecular flexibility index (Phi) is 4.18. The minimum Gasteiger partial charge on any atom is -0.497 e. The molecule has 4 rings (SSSR count). The summed E-state index contributed by atoms with van der Waals surface area (Å²) in [5.74, 6) is 1.39. The van der Waals surface area contributed by atoms with Crippen LogP contribution in [0.15, 0.2) is 60.0 Å². The van der Waals surface area contributed by atoms with Gasteiger partial charge in [0.15, 0.2) is 0 Å². The summed E-state index contributed by atoms with van der Waals surface area (Å²) in [6.07, 6.45) is 0. The van der Waals surface area contributed by atoms with Gasteiger partial charge in [0.2, 0.25) is 5.13 Å². The van der Waals surface area contributed by atoms with Crippen LogP contribution in [0.1, 0.15) is 5.56 Å². The van der Waals surface area contributed by atoms with Crippen LogP contribution in [0.2, 0.25) is 0 Å². The summed E-state index contributed by atoms with van der Waals surface area (Å²) in [6.45, 7) is 2.06. The highest BCUT2D eigenvalue weighted by molar-refractivity contribution is 7.12. The predicted octanol–water partition coefficient (Wildman–Crippen LogP) is 4.56. The van der Waals surface area contributed by atoms with Gasteiger partial charge in [-0.15, -0.1) is 11.3 Å². The van der Waals surface area contributed by atoms with Gasteiger partial charge >= 0.3 is 0 Å². The van der Waals surface area contributed by atoms with Crippen molar-refractivity contribution in [2.24, 2.45) is 0 Å². The van der Waals surface area contributed by atoms with Crippen LogP contribution in [0.25, 0.3) is 27.6 Å². The number of aromatic nitrogens is 3. The van der Waals surface area contributed by atoms with Gasteiger partial charge in [-0.05, 0) is 31.2 Å². The van der Waals surface area contributed by atoms with Crippen LogP contribution in [0.5, 0.6) is 5.75 Å². The molecule has 2 aromatic carbocycles. The molecule has 0 radical (unpaired) electrons. The second kappa shape index (κ2) is 6.65. The molecule has 0 saturated heterocycles. The zero-order chi connectivity index (χ0) is 18.1. The van der Waals surface area contributed by atoms with E-state index in [-0.39, 0.29) is 0 Å². The Bertz CT molecular complexity index is 1030. The number of aryl methyl sites for hydroxylation is 1. The zero-order valence-corrected chi connectivity index (χ0v) is 15.3. The van der Waals surface area contributed by atoms with Crippen molar-refractivity contribution in [1.29, 1.82) is 0 Å². The van der Waals surface area contributed by atoms with Crippen LogP contribution in [0, 0.1) is 6.92 Å². The summed E-state index contributed by atoms with van der Waals surface area (Å²) in [6, 6.07) is 17.9. The van der Waals surface area contributed by atoms with Gasteiger partial charge in [-0.1, -0.05) is 29.8 Å². The molecule has 6 heteroatoms. The number of nitrogens with two attached hydrogens (primary N) is 1. The highest BCUT2D eigenvalue weighted by Crippen LogP contribution is 2.28. The summed E-state index contributed by atoms with van der Waals surface area (Å²) in [5.41, 5.74) is 11.2. The molecule has 0 atom stereocenters. The van der Waals surface area contributed by atoms with Gasteiger partial charge in [0.1, 0.15) is 11.6 Å². The van der Waals surface area contributed by atoms with Gasteiger partial charge < -0.3 is 10.5 Å². The molecule has 0 saturated carbocycles. The number of benzene rings is 2. The molecular weight excluding hydrogens is 344 g/mol. The van der Waals surface area contributed by atoms with Crippen molar-refractivity contribution < 1.29 is 4.74 Å². The molecular formula is C20H18N4OS. The molecule has 2 heterocycles. The Balaban J connectivity index is 1.66. The Morgan fingerprint density at radius 3 is 2.31 bits per heavy atom. The molecule has 2 N–H and O–H groups in total. The van der Waals surface area contributed by atoms with Crippen molar-refractivity contribution in [3.8, 4) is 33.4 Å². The second-order valence-electron chi connectivity index (χ2n) is 5.98. The van der Waals surface area contributed by atoms with Crippen molar-refractivity contribution in [1.82, 2.24) is 14.8 Å². The Morgan fingerprint density at radius 1 is 0.962 bits per heavy atom. The molecule has 0 spiro atoms. The van der Waals surface area contributed by atoms with Gasteiger partial charge in [-0.25, -0.2) is 4.98 Å². The van der Waals surface area contributed by atoms with E-state index in [0.717, 1.165) is 33.4 Å². The van der Waals surface area contributed by atoms with E-state index in [9.17, 15) is 0 Å². The lowest BCUT2D eigenvalue weighted by atomic mass is 10.1. The molecule has 0 aliphatic heterocycles. The number of anilines is 1. The monoisotopic (exact) mass is 362 g/mol. The largest absolute Gasteiger partial charge is 0.497 e. The average Bonchev–Trinajstić information content (AvgIpc) is 3.29. The van der Waals surface area contributed by atoms with E-state index in [1.807, 2.05) is 47.8 Å². The van der Waals surface area contributed by atoms with Crippen molar-refractivity contribution in [3.63, 3.8) is 0 Å². The normalized spacial score (nSPS) is 10.8. The molecule has 0 aliphatic rings. The molecule has 4 aromatic rings. The number of nitrogen functional groups attached to an aromatic ring is 1. The third-order valence-electron chi connectivity index (χ3n) is 4.14. The van der Waals surface area contributed by atoms with E-state index >= 15 is 0 Å². The van der Waals surface area contributed by atoms with Crippen molar-refractivity contribution in [2.45, 2.75) is 6.92 Å². The first-order valence-electron chi connectivity index (χ1n) is 8.17. The van der Waals surface area contributed by atoms with Crippen molar-refractivity contribution in [3.05, 3.63) is 65.5 Å². The standard InChI is InChI=1S/C20H18N4OS/c1-13-3-5-14(6-4-13)17-11-19(21)24(23-17)20-22-18(12-26-20)15-7-9-16(25-2)10-8-15/h3-12H,21H2,1-2H3. The van der Waals surface area contributed by atoms with Crippen LogP contribution in [0.3, 0.4) is 0 Å². The summed E-state index contributed by atoms with van der Waals surface area (Å²) in [7, 11) is 1.65. The number of nitrogens with zero attached hydrogens (tertiary/aromatic N) is 3. The van der Waals surface area contributed by atoms with E-state index < -0.39 is 0 Å². The minimum absolute atomic E-state index is 0.566. The van der Waals surface area contributed by atoms with Gasteiger partial charge in [-0.3, -0.25) is 0 Å². The van der Waals surface area contributed by atoms with Crippen molar-refractivity contribution >= 4 is 17.2 Å². The maximum absolute atomic E-state index is 6.18. The highest BCUT2D eigenvalue weighted by Gasteiger charge is 2.13. The van der Waals surface area contributed by atoms with Crippen LogP contribution in [-0.2, 0) is 0 Å². The number of hydrogen-bond donors (Lipinski definition) is 1. The Labute approximate surface area is 155 Å². The lowest BCUT2D eigenvalue weighted by Gasteiger charge is -2.01. The van der Waals surface area contributed by atoms with E-state index in [1.54, 1.807) is 11.8 Å². The summed E-state index contributed by atoms with van der Waals surface area (Å²) < 4.78 is 6.89. The van der Waals surface area contributed by atoms with Gasteiger partial charge in [-0.2, -0.15) is 9.78 Å².